The lowest BCUT2D eigenvalue weighted by molar-refractivity contribution is 0.328. The summed E-state index contributed by atoms with van der Waals surface area (Å²) in [5.41, 5.74) is 4.49. The molecule has 0 saturated heterocycles. The number of aromatic amines is 1. The van der Waals surface area contributed by atoms with Gasteiger partial charge in [-0.25, -0.2) is 4.98 Å². The van der Waals surface area contributed by atoms with E-state index in [1.54, 1.807) is 0 Å². The zero-order valence-electron chi connectivity index (χ0n) is 11.8. The molecule has 0 aliphatic carbocycles. The van der Waals surface area contributed by atoms with Crippen molar-refractivity contribution in [1.82, 2.24) is 19.9 Å². The molecular formula is C15H16N4O. The lowest BCUT2D eigenvalue weighted by Crippen LogP contribution is -1.93. The molecule has 3 aromatic rings. The molecule has 0 aliphatic heterocycles. The molecule has 0 unspecified atom stereocenters. The number of hydrogen-bond acceptors (Lipinski definition) is 4. The highest BCUT2D eigenvalue weighted by Gasteiger charge is 2.10. The Morgan fingerprint density at radius 3 is 2.65 bits per heavy atom. The highest BCUT2D eigenvalue weighted by Crippen LogP contribution is 2.23. The van der Waals surface area contributed by atoms with E-state index in [1.165, 1.54) is 0 Å². The van der Waals surface area contributed by atoms with Crippen molar-refractivity contribution in [2.75, 3.05) is 6.61 Å². The van der Waals surface area contributed by atoms with E-state index in [2.05, 4.69) is 19.9 Å². The van der Waals surface area contributed by atoms with E-state index in [-0.39, 0.29) is 0 Å². The zero-order valence-corrected chi connectivity index (χ0v) is 11.8. The Bertz CT molecular complexity index is 764. The number of imidazole rings is 1. The van der Waals surface area contributed by atoms with Crippen LogP contribution in [0.3, 0.4) is 0 Å². The van der Waals surface area contributed by atoms with Crippen molar-refractivity contribution in [2.45, 2.75) is 20.8 Å². The molecule has 0 bridgehead atoms. The van der Waals surface area contributed by atoms with E-state index < -0.39 is 0 Å². The van der Waals surface area contributed by atoms with Crippen LogP contribution in [0.4, 0.5) is 0 Å². The summed E-state index contributed by atoms with van der Waals surface area (Å²) in [7, 11) is 0. The molecule has 0 amide bonds. The molecule has 3 rings (SSSR count). The molecule has 0 atom stereocenters. The average Bonchev–Trinajstić information content (AvgIpc) is 2.81. The molecule has 20 heavy (non-hydrogen) atoms. The highest BCUT2D eigenvalue weighted by molar-refractivity contribution is 5.76. The number of rotatable bonds is 3. The van der Waals surface area contributed by atoms with Crippen LogP contribution in [0.25, 0.3) is 22.6 Å². The van der Waals surface area contributed by atoms with E-state index >= 15 is 0 Å². The van der Waals surface area contributed by atoms with Gasteiger partial charge < -0.3 is 9.72 Å². The molecular weight excluding hydrogens is 252 g/mol. The summed E-state index contributed by atoms with van der Waals surface area (Å²) in [5.74, 6) is 1.38. The van der Waals surface area contributed by atoms with Gasteiger partial charge in [-0.3, -0.25) is 4.98 Å². The first-order chi connectivity index (χ1) is 9.67. The minimum Gasteiger partial charge on any atom is -0.478 e. The number of fused-ring (bicyclic) bond motifs is 1. The Kier molecular flexibility index (Phi) is 3.10. The Labute approximate surface area is 117 Å². The number of H-pyrrole nitrogens is 1. The first kappa shape index (κ1) is 12.6. The zero-order chi connectivity index (χ0) is 14.1. The SMILES string of the molecule is CCOc1ccc2[nH]c(-c3ccc(C)nc3C)nc2n1. The smallest absolute Gasteiger partial charge is 0.215 e. The topological polar surface area (TPSA) is 63.7 Å². The second-order valence-corrected chi connectivity index (χ2v) is 4.62. The number of nitrogens with one attached hydrogen (secondary N) is 1. The van der Waals surface area contributed by atoms with E-state index in [0.717, 1.165) is 28.3 Å². The van der Waals surface area contributed by atoms with Crippen molar-refractivity contribution in [3.8, 4) is 17.3 Å². The molecule has 5 nitrogen and oxygen atoms in total. The molecule has 3 aromatic heterocycles. The van der Waals surface area contributed by atoms with Gasteiger partial charge in [-0.15, -0.1) is 0 Å². The van der Waals surface area contributed by atoms with Crippen molar-refractivity contribution in [3.05, 3.63) is 35.7 Å². The summed E-state index contributed by atoms with van der Waals surface area (Å²) in [5, 5.41) is 0. The first-order valence-electron chi connectivity index (χ1n) is 6.61. The summed E-state index contributed by atoms with van der Waals surface area (Å²) in [6.45, 7) is 6.49. The van der Waals surface area contributed by atoms with E-state index in [4.69, 9.17) is 4.74 Å². The van der Waals surface area contributed by atoms with E-state index in [0.29, 0.717) is 18.1 Å². The van der Waals surface area contributed by atoms with Crippen molar-refractivity contribution in [3.63, 3.8) is 0 Å². The van der Waals surface area contributed by atoms with Crippen molar-refractivity contribution < 1.29 is 4.74 Å². The van der Waals surface area contributed by atoms with Crippen molar-refractivity contribution in [2.24, 2.45) is 0 Å². The van der Waals surface area contributed by atoms with Gasteiger partial charge in [-0.05, 0) is 39.0 Å². The number of aryl methyl sites for hydroxylation is 2. The minimum atomic E-state index is 0.594. The Hall–Kier alpha value is -2.43. The number of hydrogen-bond donors (Lipinski definition) is 1. The number of pyridine rings is 2. The van der Waals surface area contributed by atoms with Crippen LogP contribution in [0.15, 0.2) is 24.3 Å². The van der Waals surface area contributed by atoms with Crippen LogP contribution in [0.2, 0.25) is 0 Å². The van der Waals surface area contributed by atoms with Gasteiger partial charge in [-0.2, -0.15) is 4.98 Å². The second kappa shape index (κ2) is 4.92. The summed E-state index contributed by atoms with van der Waals surface area (Å²) >= 11 is 0. The number of ether oxygens (including phenoxy) is 1. The maximum atomic E-state index is 5.39. The van der Waals surface area contributed by atoms with Gasteiger partial charge in [-0.1, -0.05) is 0 Å². The van der Waals surface area contributed by atoms with Gasteiger partial charge in [0.2, 0.25) is 5.88 Å². The average molecular weight is 268 g/mol. The standard InChI is InChI=1S/C15H16N4O/c1-4-20-13-8-7-12-15(18-13)19-14(17-12)11-6-5-9(2)16-10(11)3/h5-8H,4H2,1-3H3,(H,17,18,19). The normalized spacial score (nSPS) is 10.9. The fourth-order valence-corrected chi connectivity index (χ4v) is 2.17. The predicted molar refractivity (Wildman–Crippen MR) is 77.8 cm³/mol. The Morgan fingerprint density at radius 1 is 1.05 bits per heavy atom. The molecule has 0 aromatic carbocycles. The summed E-state index contributed by atoms with van der Waals surface area (Å²) in [4.78, 5) is 16.6. The van der Waals surface area contributed by atoms with Crippen LogP contribution in [0.1, 0.15) is 18.3 Å². The number of aromatic nitrogens is 4. The molecule has 0 fully saturated rings. The van der Waals surface area contributed by atoms with Crippen LogP contribution < -0.4 is 4.74 Å². The van der Waals surface area contributed by atoms with Gasteiger partial charge in [0.1, 0.15) is 5.82 Å². The van der Waals surface area contributed by atoms with Crippen LogP contribution in [0.5, 0.6) is 5.88 Å². The first-order valence-corrected chi connectivity index (χ1v) is 6.61. The number of nitrogens with zero attached hydrogens (tertiary/aromatic N) is 3. The largest absolute Gasteiger partial charge is 0.478 e. The maximum absolute atomic E-state index is 5.39. The van der Waals surface area contributed by atoms with E-state index in [9.17, 15) is 0 Å². The van der Waals surface area contributed by atoms with Crippen LogP contribution in [-0.4, -0.2) is 26.5 Å². The fourth-order valence-electron chi connectivity index (χ4n) is 2.17. The molecule has 102 valence electrons. The summed E-state index contributed by atoms with van der Waals surface area (Å²) in [6.07, 6.45) is 0. The van der Waals surface area contributed by atoms with Crippen molar-refractivity contribution in [1.29, 1.82) is 0 Å². The van der Waals surface area contributed by atoms with Gasteiger partial charge in [0, 0.05) is 23.0 Å². The monoisotopic (exact) mass is 268 g/mol. The third-order valence-corrected chi connectivity index (χ3v) is 3.09. The molecule has 0 radical (unpaired) electrons. The maximum Gasteiger partial charge on any atom is 0.215 e. The van der Waals surface area contributed by atoms with Gasteiger partial charge in [0.15, 0.2) is 5.65 Å². The summed E-state index contributed by atoms with van der Waals surface area (Å²) < 4.78 is 5.39. The molecule has 5 heteroatoms. The van der Waals surface area contributed by atoms with E-state index in [1.807, 2.05) is 45.0 Å². The second-order valence-electron chi connectivity index (χ2n) is 4.62. The quantitative estimate of drug-likeness (QED) is 0.793. The van der Waals surface area contributed by atoms with Gasteiger partial charge >= 0.3 is 0 Å². The Morgan fingerprint density at radius 2 is 1.90 bits per heavy atom. The van der Waals surface area contributed by atoms with Crippen LogP contribution in [0, 0.1) is 13.8 Å². The minimum absolute atomic E-state index is 0.594. The molecule has 3 heterocycles. The van der Waals surface area contributed by atoms with Crippen LogP contribution in [-0.2, 0) is 0 Å². The molecule has 0 saturated carbocycles. The molecule has 1 N–H and O–H groups in total. The highest BCUT2D eigenvalue weighted by atomic mass is 16.5. The lowest BCUT2D eigenvalue weighted by atomic mass is 10.2. The molecule has 0 spiro atoms. The van der Waals surface area contributed by atoms with Crippen molar-refractivity contribution >= 4 is 11.2 Å². The van der Waals surface area contributed by atoms with Gasteiger partial charge in [0.05, 0.1) is 12.1 Å². The lowest BCUT2D eigenvalue weighted by Gasteiger charge is -2.01. The van der Waals surface area contributed by atoms with Crippen LogP contribution >= 0.6 is 0 Å². The third kappa shape index (κ3) is 2.22. The summed E-state index contributed by atoms with van der Waals surface area (Å²) in [6, 6.07) is 7.78. The third-order valence-electron chi connectivity index (χ3n) is 3.09. The predicted octanol–water partition coefficient (Wildman–Crippen LogP) is 3.04. The fraction of sp³-hybridized carbons (Fsp3) is 0.267. The van der Waals surface area contributed by atoms with Gasteiger partial charge in [0.25, 0.3) is 0 Å². The molecule has 0 aliphatic rings. The Balaban J connectivity index is 2.08.